The highest BCUT2D eigenvalue weighted by atomic mass is 15.3. The predicted molar refractivity (Wildman–Crippen MR) is 54.4 cm³/mol. The quantitative estimate of drug-likeness (QED) is 0.574. The lowest BCUT2D eigenvalue weighted by Crippen LogP contribution is -2.37. The van der Waals surface area contributed by atoms with Crippen molar-refractivity contribution in [2.45, 2.75) is 18.9 Å². The van der Waals surface area contributed by atoms with E-state index < -0.39 is 0 Å². The second kappa shape index (κ2) is 2.85. The van der Waals surface area contributed by atoms with Gasteiger partial charge in [0.05, 0.1) is 21.1 Å². The fraction of sp³-hybridized carbons (Fsp3) is 0.500. The predicted octanol–water partition coefficient (Wildman–Crippen LogP) is 2.18. The van der Waals surface area contributed by atoms with Crippen molar-refractivity contribution in [2.24, 2.45) is 0 Å². The van der Waals surface area contributed by atoms with Crippen LogP contribution in [0.1, 0.15) is 23.6 Å². The zero-order valence-corrected chi connectivity index (χ0v) is 8.67. The third-order valence-corrected chi connectivity index (χ3v) is 2.93. The Kier molecular flexibility index (Phi) is 1.92. The summed E-state index contributed by atoms with van der Waals surface area (Å²) in [5.41, 5.74) is 2.94. The summed E-state index contributed by atoms with van der Waals surface area (Å²) in [4.78, 5) is 0. The van der Waals surface area contributed by atoms with Crippen LogP contribution in [0.2, 0.25) is 0 Å². The second-order valence-electron chi connectivity index (χ2n) is 4.78. The average Bonchev–Trinajstić information content (AvgIpc) is 2.45. The molecule has 1 aromatic rings. The van der Waals surface area contributed by atoms with E-state index in [2.05, 4.69) is 39.3 Å². The first-order valence-corrected chi connectivity index (χ1v) is 4.89. The number of hydrogen-bond donors (Lipinski definition) is 0. The van der Waals surface area contributed by atoms with Crippen LogP contribution in [-0.2, 0) is 6.42 Å². The van der Waals surface area contributed by atoms with Crippen LogP contribution < -0.4 is 0 Å². The number of quaternary nitrogens is 1. The number of nitrogens with zero attached hydrogens (tertiary/aromatic N) is 1. The fourth-order valence-electron chi connectivity index (χ4n) is 2.22. The van der Waals surface area contributed by atoms with Crippen LogP contribution in [0.4, 0.5) is 0 Å². The molecular formula is C12H17N+. The molecule has 0 amide bonds. The largest absolute Gasteiger partial charge is 0.325 e. The lowest BCUT2D eigenvalue weighted by atomic mass is 10.1. The maximum atomic E-state index is 3.39. The van der Waals surface area contributed by atoms with Crippen molar-refractivity contribution < 1.29 is 4.48 Å². The maximum absolute atomic E-state index is 3.39. The third-order valence-electron chi connectivity index (χ3n) is 2.93. The van der Waals surface area contributed by atoms with Crippen LogP contribution in [0.3, 0.4) is 0 Å². The van der Waals surface area contributed by atoms with Crippen molar-refractivity contribution in [3.8, 4) is 0 Å². The van der Waals surface area contributed by atoms with E-state index in [9.17, 15) is 0 Å². The highest BCUT2D eigenvalue weighted by Gasteiger charge is 2.32. The van der Waals surface area contributed by atoms with E-state index >= 15 is 0 Å². The van der Waals surface area contributed by atoms with E-state index in [1.54, 1.807) is 0 Å². The van der Waals surface area contributed by atoms with Gasteiger partial charge in [0.25, 0.3) is 0 Å². The molecule has 0 aliphatic heterocycles. The van der Waals surface area contributed by atoms with Crippen LogP contribution in [-0.4, -0.2) is 25.6 Å². The highest BCUT2D eigenvalue weighted by molar-refractivity contribution is 5.32. The Morgan fingerprint density at radius 3 is 2.85 bits per heavy atom. The van der Waals surface area contributed by atoms with Gasteiger partial charge in [-0.1, -0.05) is 18.2 Å². The van der Waals surface area contributed by atoms with Crippen molar-refractivity contribution in [2.75, 3.05) is 21.1 Å². The minimum Gasteiger partial charge on any atom is -0.325 e. The first-order chi connectivity index (χ1) is 6.09. The molecule has 1 unspecified atom stereocenters. The summed E-state index contributed by atoms with van der Waals surface area (Å²) in [6, 6.07) is 10.4. The second-order valence-corrected chi connectivity index (χ2v) is 4.78. The van der Waals surface area contributed by atoms with Gasteiger partial charge in [0.2, 0.25) is 0 Å². The molecule has 1 aliphatic carbocycles. The number of rotatable bonds is 1. The summed E-state index contributed by atoms with van der Waals surface area (Å²) in [5, 5.41) is 0. The van der Waals surface area contributed by atoms with Gasteiger partial charge in [0.1, 0.15) is 6.04 Å². The van der Waals surface area contributed by atoms with Gasteiger partial charge in [-0.2, -0.15) is 0 Å². The molecule has 1 radical (unpaired) electrons. The number of benzene rings is 1. The topological polar surface area (TPSA) is 0 Å². The molecule has 0 saturated heterocycles. The van der Waals surface area contributed by atoms with Gasteiger partial charge in [0.15, 0.2) is 0 Å². The molecule has 1 nitrogen and oxygen atoms in total. The molecule has 0 fully saturated rings. The molecule has 1 aromatic carbocycles. The zero-order valence-electron chi connectivity index (χ0n) is 8.67. The van der Waals surface area contributed by atoms with Crippen LogP contribution in [0.5, 0.6) is 0 Å². The van der Waals surface area contributed by atoms with Gasteiger partial charge >= 0.3 is 0 Å². The third kappa shape index (κ3) is 1.49. The molecule has 0 heterocycles. The first kappa shape index (κ1) is 8.76. The Balaban J connectivity index is 2.39. The molecule has 0 aromatic heterocycles. The van der Waals surface area contributed by atoms with Gasteiger partial charge in [-0.25, -0.2) is 0 Å². The molecule has 69 valence electrons. The Bertz CT molecular complexity index is 309. The van der Waals surface area contributed by atoms with E-state index in [4.69, 9.17) is 0 Å². The van der Waals surface area contributed by atoms with Crippen molar-refractivity contribution in [3.63, 3.8) is 0 Å². The number of hydrogen-bond acceptors (Lipinski definition) is 0. The molecule has 2 rings (SSSR count). The summed E-state index contributed by atoms with van der Waals surface area (Å²) in [6.07, 6.45) is 2.51. The molecule has 1 aliphatic rings. The van der Waals surface area contributed by atoms with E-state index in [0.29, 0.717) is 6.04 Å². The summed E-state index contributed by atoms with van der Waals surface area (Å²) in [6.45, 7) is 0. The maximum Gasteiger partial charge on any atom is 0.115 e. The molecule has 1 atom stereocenters. The van der Waals surface area contributed by atoms with E-state index in [1.165, 1.54) is 24.0 Å². The molecule has 0 spiro atoms. The summed E-state index contributed by atoms with van der Waals surface area (Å²) in [5.74, 6) is 0. The minimum absolute atomic E-state index is 0.649. The van der Waals surface area contributed by atoms with Gasteiger partial charge in [-0.3, -0.25) is 0 Å². The average molecular weight is 175 g/mol. The SMILES string of the molecule is C[N+](C)(C)C1CCc2ccc[c]c21. The minimum atomic E-state index is 0.649. The fourth-order valence-corrected chi connectivity index (χ4v) is 2.22. The smallest absolute Gasteiger partial charge is 0.115 e. The van der Waals surface area contributed by atoms with E-state index in [1.807, 2.05) is 6.07 Å². The standard InChI is InChI=1S/C12H17N/c1-13(2,3)12-9-8-10-6-4-5-7-11(10)12/h4-6,12H,8-9H2,1-3H3/q+1. The van der Waals surface area contributed by atoms with Gasteiger partial charge in [-0.05, 0) is 18.1 Å². The van der Waals surface area contributed by atoms with E-state index in [-0.39, 0.29) is 0 Å². The normalized spacial score (nSPS) is 21.6. The Morgan fingerprint density at radius 2 is 2.15 bits per heavy atom. The summed E-state index contributed by atoms with van der Waals surface area (Å²) in [7, 11) is 6.79. The lowest BCUT2D eigenvalue weighted by molar-refractivity contribution is -0.901. The van der Waals surface area contributed by atoms with Crippen molar-refractivity contribution in [1.82, 2.24) is 0 Å². The van der Waals surface area contributed by atoms with Crippen molar-refractivity contribution in [3.05, 3.63) is 35.4 Å². The van der Waals surface area contributed by atoms with Crippen LogP contribution in [0, 0.1) is 6.07 Å². The van der Waals surface area contributed by atoms with Gasteiger partial charge < -0.3 is 4.48 Å². The Morgan fingerprint density at radius 1 is 1.38 bits per heavy atom. The molecule has 0 N–H and O–H groups in total. The van der Waals surface area contributed by atoms with Crippen molar-refractivity contribution >= 4 is 0 Å². The molecule has 1 heteroatoms. The van der Waals surface area contributed by atoms with Gasteiger partial charge in [0, 0.05) is 12.0 Å². The molecule has 13 heavy (non-hydrogen) atoms. The van der Waals surface area contributed by atoms with Crippen molar-refractivity contribution in [1.29, 1.82) is 0 Å². The summed E-state index contributed by atoms with van der Waals surface area (Å²) >= 11 is 0. The monoisotopic (exact) mass is 175 g/mol. The summed E-state index contributed by atoms with van der Waals surface area (Å²) < 4.78 is 1.02. The Hall–Kier alpha value is -0.820. The molecule has 0 saturated carbocycles. The zero-order chi connectivity index (χ0) is 9.47. The highest BCUT2D eigenvalue weighted by Crippen LogP contribution is 2.36. The van der Waals surface area contributed by atoms with Crippen LogP contribution in [0.15, 0.2) is 18.2 Å². The lowest BCUT2D eigenvalue weighted by Gasteiger charge is -2.31. The Labute approximate surface area is 80.6 Å². The first-order valence-electron chi connectivity index (χ1n) is 4.89. The molecule has 0 bridgehead atoms. The molecular weight excluding hydrogens is 158 g/mol. The van der Waals surface area contributed by atoms with E-state index in [0.717, 1.165) is 4.48 Å². The van der Waals surface area contributed by atoms with Crippen LogP contribution in [0.25, 0.3) is 0 Å². The van der Waals surface area contributed by atoms with Gasteiger partial charge in [-0.15, -0.1) is 0 Å². The number of fused-ring (bicyclic) bond motifs is 1. The van der Waals surface area contributed by atoms with Crippen LogP contribution >= 0.6 is 0 Å². The number of aryl methyl sites for hydroxylation is 1.